The zero-order valence-electron chi connectivity index (χ0n) is 13.8. The maximum absolute atomic E-state index is 4.82. The number of rotatable bonds is 8. The van der Waals surface area contributed by atoms with E-state index in [0.29, 0.717) is 6.04 Å². The van der Waals surface area contributed by atoms with Gasteiger partial charge < -0.3 is 5.32 Å². The van der Waals surface area contributed by atoms with Crippen molar-refractivity contribution in [3.8, 4) is 0 Å². The first-order valence-corrected chi connectivity index (χ1v) is 9.59. The van der Waals surface area contributed by atoms with Gasteiger partial charge in [0.05, 0.1) is 10.7 Å². The molecule has 2 unspecified atom stereocenters. The molecule has 0 amide bonds. The largest absolute Gasteiger partial charge is 0.313 e. The smallest absolute Gasteiger partial charge is 0.0944 e. The number of aromatic nitrogens is 1. The van der Waals surface area contributed by atoms with Crippen LogP contribution in [0.5, 0.6) is 0 Å². The van der Waals surface area contributed by atoms with Crippen molar-refractivity contribution in [1.29, 1.82) is 0 Å². The predicted molar refractivity (Wildman–Crippen MR) is 94.2 cm³/mol. The maximum atomic E-state index is 4.82. The average molecular weight is 315 g/mol. The summed E-state index contributed by atoms with van der Waals surface area (Å²) >= 11 is 3.88. The lowest BCUT2D eigenvalue weighted by Crippen LogP contribution is -2.33. The summed E-state index contributed by atoms with van der Waals surface area (Å²) < 4.78 is 0. The number of nitrogens with one attached hydrogen (secondary N) is 1. The second-order valence-corrected chi connectivity index (χ2v) is 8.80. The third kappa shape index (κ3) is 6.15. The molecule has 0 radical (unpaired) electrons. The summed E-state index contributed by atoms with van der Waals surface area (Å²) in [6.45, 7) is 14.5. The Bertz CT molecular complexity index is 382. The molecule has 0 aliphatic heterocycles. The minimum absolute atomic E-state index is 0.161. The first-order valence-electron chi connectivity index (χ1n) is 7.66. The van der Waals surface area contributed by atoms with Gasteiger partial charge in [-0.25, -0.2) is 4.98 Å². The van der Waals surface area contributed by atoms with Crippen LogP contribution in [0, 0.1) is 0 Å². The molecule has 0 aliphatic rings. The highest BCUT2D eigenvalue weighted by Crippen LogP contribution is 2.25. The van der Waals surface area contributed by atoms with Crippen molar-refractivity contribution in [3.05, 3.63) is 16.1 Å². The van der Waals surface area contributed by atoms with Crippen molar-refractivity contribution < 1.29 is 0 Å². The van der Waals surface area contributed by atoms with Gasteiger partial charge in [0.2, 0.25) is 0 Å². The zero-order chi connectivity index (χ0) is 15.2. The lowest BCUT2D eigenvalue weighted by Gasteiger charge is -2.18. The molecule has 0 spiro atoms. The summed E-state index contributed by atoms with van der Waals surface area (Å²) in [5.74, 6) is 1.17. The van der Waals surface area contributed by atoms with Gasteiger partial charge in [0.25, 0.3) is 0 Å². The second kappa shape index (κ2) is 8.40. The van der Waals surface area contributed by atoms with Gasteiger partial charge in [0, 0.05) is 34.3 Å². The Balaban J connectivity index is 2.58. The van der Waals surface area contributed by atoms with E-state index in [1.807, 2.05) is 11.3 Å². The molecule has 1 heterocycles. The van der Waals surface area contributed by atoms with Crippen molar-refractivity contribution in [3.63, 3.8) is 0 Å². The molecule has 0 fully saturated rings. The second-order valence-electron chi connectivity index (χ2n) is 6.39. The third-order valence-electron chi connectivity index (χ3n) is 3.39. The molecule has 0 bridgehead atoms. The Morgan fingerprint density at radius 1 is 1.35 bits per heavy atom. The predicted octanol–water partition coefficient (Wildman–Crippen LogP) is 4.49. The van der Waals surface area contributed by atoms with Crippen LogP contribution in [0.4, 0.5) is 0 Å². The fourth-order valence-corrected chi connectivity index (χ4v) is 3.97. The topological polar surface area (TPSA) is 24.9 Å². The number of thiazole rings is 1. The van der Waals surface area contributed by atoms with Crippen LogP contribution in [0.2, 0.25) is 0 Å². The van der Waals surface area contributed by atoms with Gasteiger partial charge >= 0.3 is 0 Å². The first kappa shape index (κ1) is 18.0. The molecule has 20 heavy (non-hydrogen) atoms. The van der Waals surface area contributed by atoms with E-state index in [-0.39, 0.29) is 5.41 Å². The van der Waals surface area contributed by atoms with Crippen LogP contribution in [0.25, 0.3) is 0 Å². The molecule has 1 aromatic heterocycles. The summed E-state index contributed by atoms with van der Waals surface area (Å²) in [6.07, 6.45) is 2.30. The molecule has 0 saturated carbocycles. The summed E-state index contributed by atoms with van der Waals surface area (Å²) in [5, 5.41) is 7.84. The summed E-state index contributed by atoms with van der Waals surface area (Å²) in [4.78, 5) is 4.82. The van der Waals surface area contributed by atoms with Crippen molar-refractivity contribution >= 4 is 23.1 Å². The van der Waals surface area contributed by atoms with E-state index < -0.39 is 0 Å². The number of hydrogen-bond acceptors (Lipinski definition) is 4. The molecule has 0 aromatic carbocycles. The summed E-state index contributed by atoms with van der Waals surface area (Å²) in [5.41, 5.74) is 1.38. The highest BCUT2D eigenvalue weighted by molar-refractivity contribution is 7.99. The minimum Gasteiger partial charge on any atom is -0.313 e. The molecular weight excluding hydrogens is 284 g/mol. The zero-order valence-corrected chi connectivity index (χ0v) is 15.5. The lowest BCUT2D eigenvalue weighted by molar-refractivity contribution is 0.554. The summed E-state index contributed by atoms with van der Waals surface area (Å²) in [6, 6.07) is 0.540. The van der Waals surface area contributed by atoms with Gasteiger partial charge in [0.15, 0.2) is 0 Å². The molecule has 116 valence electrons. The SMILES string of the molecule is CCNC(CSC(C)CC)Cc1nc(C(C)(C)C)cs1. The highest BCUT2D eigenvalue weighted by Gasteiger charge is 2.19. The normalized spacial score (nSPS) is 15.3. The Morgan fingerprint density at radius 3 is 2.55 bits per heavy atom. The first-order chi connectivity index (χ1) is 9.36. The Labute approximate surface area is 133 Å². The molecular formula is C16H30N2S2. The van der Waals surface area contributed by atoms with E-state index in [0.717, 1.165) is 18.2 Å². The third-order valence-corrected chi connectivity index (χ3v) is 5.76. The average Bonchev–Trinajstić information content (AvgIpc) is 2.84. The Kier molecular flexibility index (Phi) is 7.56. The number of hydrogen-bond donors (Lipinski definition) is 1. The fraction of sp³-hybridized carbons (Fsp3) is 0.812. The van der Waals surface area contributed by atoms with Gasteiger partial charge in [0.1, 0.15) is 0 Å². The molecule has 0 aliphatic carbocycles. The van der Waals surface area contributed by atoms with Crippen LogP contribution >= 0.6 is 23.1 Å². The van der Waals surface area contributed by atoms with Crippen LogP contribution in [-0.2, 0) is 11.8 Å². The lowest BCUT2D eigenvalue weighted by atomic mass is 9.93. The Hall–Kier alpha value is -0.0600. The van der Waals surface area contributed by atoms with Crippen molar-refractivity contribution in [2.45, 2.75) is 71.1 Å². The minimum atomic E-state index is 0.161. The van der Waals surface area contributed by atoms with Gasteiger partial charge in [-0.3, -0.25) is 0 Å². The summed E-state index contributed by atoms with van der Waals surface area (Å²) in [7, 11) is 0. The van der Waals surface area contributed by atoms with Gasteiger partial charge in [-0.15, -0.1) is 11.3 Å². The van der Waals surface area contributed by atoms with E-state index in [9.17, 15) is 0 Å². The van der Waals surface area contributed by atoms with E-state index in [4.69, 9.17) is 4.98 Å². The van der Waals surface area contributed by atoms with E-state index >= 15 is 0 Å². The van der Waals surface area contributed by atoms with E-state index in [2.05, 4.69) is 64.0 Å². The maximum Gasteiger partial charge on any atom is 0.0944 e. The van der Waals surface area contributed by atoms with Crippen LogP contribution in [0.1, 0.15) is 58.7 Å². The molecule has 1 aromatic rings. The highest BCUT2D eigenvalue weighted by atomic mass is 32.2. The molecule has 2 nitrogen and oxygen atoms in total. The van der Waals surface area contributed by atoms with E-state index in [1.165, 1.54) is 22.9 Å². The number of thioether (sulfide) groups is 1. The van der Waals surface area contributed by atoms with Crippen LogP contribution in [-0.4, -0.2) is 28.6 Å². The van der Waals surface area contributed by atoms with Gasteiger partial charge in [-0.05, 0) is 13.0 Å². The van der Waals surface area contributed by atoms with Gasteiger partial charge in [-0.2, -0.15) is 11.8 Å². The molecule has 1 rings (SSSR count). The molecule has 0 saturated heterocycles. The fourth-order valence-electron chi connectivity index (χ4n) is 1.84. The van der Waals surface area contributed by atoms with Crippen molar-refractivity contribution in [2.24, 2.45) is 0 Å². The monoisotopic (exact) mass is 314 g/mol. The standard InChI is InChI=1S/C16H30N2S2/c1-7-12(3)19-10-13(17-8-2)9-15-18-14(11-20-15)16(4,5)6/h11-13,17H,7-10H2,1-6H3. The van der Waals surface area contributed by atoms with Crippen molar-refractivity contribution in [2.75, 3.05) is 12.3 Å². The van der Waals surface area contributed by atoms with Crippen molar-refractivity contribution in [1.82, 2.24) is 10.3 Å². The van der Waals surface area contributed by atoms with E-state index in [1.54, 1.807) is 0 Å². The number of likely N-dealkylation sites (N-methyl/N-ethyl adjacent to an activating group) is 1. The van der Waals surface area contributed by atoms with Gasteiger partial charge in [-0.1, -0.05) is 41.5 Å². The van der Waals surface area contributed by atoms with Crippen LogP contribution < -0.4 is 5.32 Å². The molecule has 1 N–H and O–H groups in total. The number of nitrogens with zero attached hydrogens (tertiary/aromatic N) is 1. The molecule has 4 heteroatoms. The van der Waals surface area contributed by atoms with Crippen LogP contribution in [0.15, 0.2) is 5.38 Å². The van der Waals surface area contributed by atoms with Crippen LogP contribution in [0.3, 0.4) is 0 Å². The Morgan fingerprint density at radius 2 is 2.05 bits per heavy atom. The molecule has 2 atom stereocenters. The quantitative estimate of drug-likeness (QED) is 0.765.